The summed E-state index contributed by atoms with van der Waals surface area (Å²) in [4.78, 5) is 14.8. The molecule has 0 saturated carbocycles. The Morgan fingerprint density at radius 1 is 1.15 bits per heavy atom. The van der Waals surface area contributed by atoms with Crippen molar-refractivity contribution in [1.29, 1.82) is 0 Å². The number of rotatable bonds is 3. The normalized spacial score (nSPS) is 10.6. The number of pyridine rings is 1. The van der Waals surface area contributed by atoms with Crippen LogP contribution in [0.15, 0.2) is 24.4 Å². The monoisotopic (exact) mass is 349 g/mol. The van der Waals surface area contributed by atoms with Crippen LogP contribution in [0.3, 0.4) is 0 Å². The van der Waals surface area contributed by atoms with E-state index in [0.29, 0.717) is 26.7 Å². The zero-order valence-electron chi connectivity index (χ0n) is 9.83. The highest BCUT2D eigenvalue weighted by Gasteiger charge is 2.15. The molecule has 1 heterocycles. The number of aromatic nitrogens is 1. The summed E-state index contributed by atoms with van der Waals surface area (Å²) in [6.45, 7) is 0. The quantitative estimate of drug-likeness (QED) is 0.626. The van der Waals surface area contributed by atoms with Gasteiger partial charge >= 0.3 is 5.97 Å². The lowest BCUT2D eigenvalue weighted by atomic mass is 10.0. The summed E-state index contributed by atoms with van der Waals surface area (Å²) < 4.78 is 0. The maximum absolute atomic E-state index is 10.8. The van der Waals surface area contributed by atoms with Gasteiger partial charge in [0.05, 0.1) is 21.5 Å². The average Bonchev–Trinajstić information content (AvgIpc) is 2.37. The van der Waals surface area contributed by atoms with Gasteiger partial charge in [-0.05, 0) is 18.2 Å². The molecule has 104 valence electrons. The van der Waals surface area contributed by atoms with Crippen LogP contribution in [0.2, 0.25) is 20.2 Å². The molecule has 0 bridgehead atoms. The lowest BCUT2D eigenvalue weighted by Gasteiger charge is -2.10. The number of benzene rings is 1. The molecule has 20 heavy (non-hydrogen) atoms. The van der Waals surface area contributed by atoms with Gasteiger partial charge in [-0.2, -0.15) is 0 Å². The summed E-state index contributed by atoms with van der Waals surface area (Å²) in [7, 11) is 0. The van der Waals surface area contributed by atoms with Crippen LogP contribution in [0, 0.1) is 0 Å². The van der Waals surface area contributed by atoms with E-state index in [9.17, 15) is 4.79 Å². The molecule has 1 aromatic carbocycles. The van der Waals surface area contributed by atoms with Gasteiger partial charge < -0.3 is 5.11 Å². The van der Waals surface area contributed by atoms with E-state index >= 15 is 0 Å². The van der Waals surface area contributed by atoms with Crippen LogP contribution in [0.4, 0.5) is 0 Å². The molecule has 0 amide bonds. The Morgan fingerprint density at radius 2 is 1.80 bits per heavy atom. The molecule has 0 aliphatic carbocycles. The Bertz CT molecular complexity index is 688. The summed E-state index contributed by atoms with van der Waals surface area (Å²) in [5.41, 5.74) is 1.43. The minimum Gasteiger partial charge on any atom is -0.481 e. The number of nitrogens with zero attached hydrogens (tertiary/aromatic N) is 1. The molecule has 7 heteroatoms. The zero-order valence-corrected chi connectivity index (χ0v) is 12.9. The van der Waals surface area contributed by atoms with Crippen LogP contribution in [0.5, 0.6) is 0 Å². The first-order valence-corrected chi connectivity index (χ1v) is 6.91. The highest BCUT2D eigenvalue weighted by atomic mass is 35.5. The standard InChI is InChI=1S/C13H7Cl4NO2/c14-8-1-2-9(15)12(16)11(8)7-3-6(4-10(19)20)13(17)18-5-7/h1-3,5H,4H2,(H,19,20). The first kappa shape index (κ1) is 15.4. The third kappa shape index (κ3) is 3.18. The van der Waals surface area contributed by atoms with E-state index in [1.54, 1.807) is 18.2 Å². The topological polar surface area (TPSA) is 50.2 Å². The van der Waals surface area contributed by atoms with Crippen LogP contribution in [-0.4, -0.2) is 16.1 Å². The van der Waals surface area contributed by atoms with Gasteiger partial charge in [0.1, 0.15) is 5.15 Å². The van der Waals surface area contributed by atoms with E-state index in [4.69, 9.17) is 51.5 Å². The minimum absolute atomic E-state index is 0.130. The van der Waals surface area contributed by atoms with Gasteiger partial charge in [0.15, 0.2) is 0 Å². The Hall–Kier alpha value is -1.000. The Kier molecular flexibility index (Phi) is 4.76. The molecule has 0 unspecified atom stereocenters. The molecule has 1 N–H and O–H groups in total. The Morgan fingerprint density at radius 3 is 2.45 bits per heavy atom. The van der Waals surface area contributed by atoms with Crippen molar-refractivity contribution in [2.24, 2.45) is 0 Å². The lowest BCUT2D eigenvalue weighted by molar-refractivity contribution is -0.136. The van der Waals surface area contributed by atoms with E-state index < -0.39 is 5.97 Å². The van der Waals surface area contributed by atoms with Crippen molar-refractivity contribution in [3.05, 3.63) is 50.2 Å². The Balaban J connectivity index is 2.59. The predicted molar refractivity (Wildman–Crippen MR) is 81.1 cm³/mol. The van der Waals surface area contributed by atoms with Crippen LogP contribution >= 0.6 is 46.4 Å². The third-order valence-corrected chi connectivity index (χ3v) is 4.05. The summed E-state index contributed by atoms with van der Waals surface area (Å²) >= 11 is 24.1. The number of halogens is 4. The van der Waals surface area contributed by atoms with Gasteiger partial charge in [0, 0.05) is 22.9 Å². The molecular weight excluding hydrogens is 344 g/mol. The van der Waals surface area contributed by atoms with Crippen molar-refractivity contribution in [3.63, 3.8) is 0 Å². The molecular formula is C13H7Cl4NO2. The predicted octanol–water partition coefficient (Wildman–Crippen LogP) is 4.99. The fourth-order valence-electron chi connectivity index (χ4n) is 1.71. The van der Waals surface area contributed by atoms with Crippen molar-refractivity contribution >= 4 is 52.4 Å². The summed E-state index contributed by atoms with van der Waals surface area (Å²) in [5, 5.41) is 10.00. The fraction of sp³-hybridized carbons (Fsp3) is 0.0769. The molecule has 1 aromatic heterocycles. The second-order valence-corrected chi connectivity index (χ2v) is 5.51. The van der Waals surface area contributed by atoms with E-state index in [0.717, 1.165) is 0 Å². The zero-order chi connectivity index (χ0) is 14.9. The lowest BCUT2D eigenvalue weighted by Crippen LogP contribution is -2.02. The maximum Gasteiger partial charge on any atom is 0.307 e. The molecule has 0 fully saturated rings. The summed E-state index contributed by atoms with van der Waals surface area (Å²) in [5.74, 6) is -1.01. The van der Waals surface area contributed by atoms with Gasteiger partial charge in [0.2, 0.25) is 0 Å². The van der Waals surface area contributed by atoms with Gasteiger partial charge in [0.25, 0.3) is 0 Å². The van der Waals surface area contributed by atoms with Crippen LogP contribution < -0.4 is 0 Å². The number of carbonyl (C=O) groups is 1. The van der Waals surface area contributed by atoms with Gasteiger partial charge in [-0.25, -0.2) is 4.98 Å². The molecule has 0 aliphatic rings. The molecule has 0 spiro atoms. The second-order valence-electron chi connectivity index (χ2n) is 3.96. The van der Waals surface area contributed by atoms with Gasteiger partial charge in [-0.1, -0.05) is 46.4 Å². The van der Waals surface area contributed by atoms with Crippen LogP contribution in [0.1, 0.15) is 5.56 Å². The number of aliphatic carboxylic acids is 1. The number of carboxylic acids is 1. The Labute approximate surface area is 135 Å². The van der Waals surface area contributed by atoms with Gasteiger partial charge in [-0.3, -0.25) is 4.79 Å². The maximum atomic E-state index is 10.8. The number of hydrogen-bond acceptors (Lipinski definition) is 2. The summed E-state index contributed by atoms with van der Waals surface area (Å²) in [6, 6.07) is 4.78. The van der Waals surface area contributed by atoms with Crippen molar-refractivity contribution in [2.75, 3.05) is 0 Å². The molecule has 2 rings (SSSR count). The average molecular weight is 351 g/mol. The van der Waals surface area contributed by atoms with E-state index in [1.165, 1.54) is 6.20 Å². The largest absolute Gasteiger partial charge is 0.481 e. The number of carboxylic acid groups (broad SMARTS) is 1. The van der Waals surface area contributed by atoms with Crippen molar-refractivity contribution in [3.8, 4) is 11.1 Å². The first-order chi connectivity index (χ1) is 9.40. The van der Waals surface area contributed by atoms with E-state index in [-0.39, 0.29) is 16.6 Å². The highest BCUT2D eigenvalue weighted by molar-refractivity contribution is 6.46. The molecule has 3 nitrogen and oxygen atoms in total. The van der Waals surface area contributed by atoms with Crippen molar-refractivity contribution in [1.82, 2.24) is 4.98 Å². The minimum atomic E-state index is -1.01. The highest BCUT2D eigenvalue weighted by Crippen LogP contribution is 2.39. The molecule has 2 aromatic rings. The fourth-order valence-corrected chi connectivity index (χ4v) is 2.63. The van der Waals surface area contributed by atoms with Crippen molar-refractivity contribution < 1.29 is 9.90 Å². The molecule has 0 aliphatic heterocycles. The molecule has 0 saturated heterocycles. The SMILES string of the molecule is O=C(O)Cc1cc(-c2c(Cl)ccc(Cl)c2Cl)cnc1Cl. The van der Waals surface area contributed by atoms with Crippen LogP contribution in [-0.2, 0) is 11.2 Å². The van der Waals surface area contributed by atoms with Crippen LogP contribution in [0.25, 0.3) is 11.1 Å². The smallest absolute Gasteiger partial charge is 0.307 e. The first-order valence-electron chi connectivity index (χ1n) is 5.40. The second kappa shape index (κ2) is 6.19. The molecule has 0 atom stereocenters. The van der Waals surface area contributed by atoms with Gasteiger partial charge in [-0.15, -0.1) is 0 Å². The third-order valence-electron chi connectivity index (χ3n) is 2.59. The number of hydrogen-bond donors (Lipinski definition) is 1. The molecule has 0 radical (unpaired) electrons. The summed E-state index contributed by atoms with van der Waals surface area (Å²) in [6.07, 6.45) is 1.23. The van der Waals surface area contributed by atoms with E-state index in [2.05, 4.69) is 4.98 Å². The van der Waals surface area contributed by atoms with Crippen molar-refractivity contribution in [2.45, 2.75) is 6.42 Å². The van der Waals surface area contributed by atoms with E-state index in [1.807, 2.05) is 0 Å².